The van der Waals surface area contributed by atoms with Gasteiger partial charge < -0.3 is 25.0 Å². The number of pyridine rings is 1. The maximum absolute atomic E-state index is 15.8. The van der Waals surface area contributed by atoms with E-state index in [9.17, 15) is 27.2 Å². The number of carbonyl (C=O) groups excluding carboxylic acids is 3. The molecule has 4 fully saturated rings. The monoisotopic (exact) mass is 892 g/mol. The molecule has 5 aliphatic rings. The van der Waals surface area contributed by atoms with Crippen LogP contribution >= 0.6 is 0 Å². The molecule has 0 saturated carbocycles. The first-order valence-electron chi connectivity index (χ1n) is 21.7. The molecule has 2 aromatic heterocycles. The Labute approximate surface area is 368 Å². The van der Waals surface area contributed by atoms with E-state index in [4.69, 9.17) is 0 Å². The minimum absolute atomic E-state index is 0.00591. The van der Waals surface area contributed by atoms with E-state index >= 15 is 8.78 Å². The van der Waals surface area contributed by atoms with Gasteiger partial charge in [0, 0.05) is 97.1 Å². The molecule has 3 aromatic carbocycles. The number of halogens is 3. The third kappa shape index (κ3) is 7.72. The summed E-state index contributed by atoms with van der Waals surface area (Å²) in [6.07, 6.45) is 5.95. The van der Waals surface area contributed by atoms with Crippen LogP contribution < -0.4 is 14.9 Å². The third-order valence-corrected chi connectivity index (χ3v) is 15.2. The highest BCUT2D eigenvalue weighted by Crippen LogP contribution is 2.42. The number of nitrogens with zero attached hydrogens (tertiary/aromatic N) is 5. The van der Waals surface area contributed by atoms with Gasteiger partial charge in [-0.25, -0.2) is 18.2 Å². The number of benzene rings is 3. The van der Waals surface area contributed by atoms with Crippen molar-refractivity contribution >= 4 is 50.2 Å². The van der Waals surface area contributed by atoms with Gasteiger partial charge in [-0.2, -0.15) is 12.7 Å². The van der Waals surface area contributed by atoms with Crippen molar-refractivity contribution in [3.63, 3.8) is 0 Å². The number of carbonyl (C=O) groups is 3. The maximum Gasteiger partial charge on any atom is 0.301 e. The van der Waals surface area contributed by atoms with Gasteiger partial charge in [-0.1, -0.05) is 30.8 Å². The van der Waals surface area contributed by atoms with Crippen molar-refractivity contribution in [3.05, 3.63) is 125 Å². The molecule has 13 nitrogen and oxygen atoms in total. The summed E-state index contributed by atoms with van der Waals surface area (Å²) in [5, 5.41) is 3.15. The minimum Gasteiger partial charge on any atom is -0.371 e. The highest BCUT2D eigenvalue weighted by atomic mass is 32.2. The van der Waals surface area contributed by atoms with Crippen molar-refractivity contribution in [1.82, 2.24) is 29.4 Å². The third-order valence-electron chi connectivity index (χ3n) is 13.7. The zero-order valence-electron chi connectivity index (χ0n) is 35.0. The molecule has 2 amide bonds. The number of anilines is 2. The second kappa shape index (κ2) is 16.2. The molecular weight excluding hydrogens is 846 g/mol. The number of H-pyrrole nitrogens is 1. The first-order valence-corrected chi connectivity index (χ1v) is 23.1. The molecule has 2 unspecified atom stereocenters. The number of ketones is 1. The molecule has 5 aromatic rings. The summed E-state index contributed by atoms with van der Waals surface area (Å²) in [7, 11) is -4.35. The number of fused-ring (bicyclic) bond motifs is 2. The largest absolute Gasteiger partial charge is 0.371 e. The van der Waals surface area contributed by atoms with E-state index in [1.807, 2.05) is 29.0 Å². The lowest BCUT2D eigenvalue weighted by atomic mass is 9.86. The van der Waals surface area contributed by atoms with Crippen LogP contribution in [0.25, 0.3) is 22.2 Å². The van der Waals surface area contributed by atoms with Crippen LogP contribution in [0.4, 0.5) is 24.5 Å². The highest BCUT2D eigenvalue weighted by molar-refractivity contribution is 7.90. The van der Waals surface area contributed by atoms with E-state index in [1.54, 1.807) is 17.2 Å². The van der Waals surface area contributed by atoms with E-state index < -0.39 is 51.1 Å². The summed E-state index contributed by atoms with van der Waals surface area (Å²) in [6.45, 7) is 8.67. The Morgan fingerprint density at radius 2 is 1.78 bits per heavy atom. The van der Waals surface area contributed by atoms with Gasteiger partial charge in [0.05, 0.1) is 11.3 Å². The van der Waals surface area contributed by atoms with Crippen molar-refractivity contribution in [2.24, 2.45) is 5.41 Å². The van der Waals surface area contributed by atoms with E-state index in [0.29, 0.717) is 47.2 Å². The summed E-state index contributed by atoms with van der Waals surface area (Å²) in [6, 6.07) is 17.1. The molecule has 332 valence electrons. The van der Waals surface area contributed by atoms with Gasteiger partial charge in [-0.15, -0.1) is 0 Å². The quantitative estimate of drug-likeness (QED) is 0.130. The van der Waals surface area contributed by atoms with Gasteiger partial charge in [0.1, 0.15) is 23.7 Å². The van der Waals surface area contributed by atoms with Crippen molar-refractivity contribution in [1.29, 1.82) is 0 Å². The average Bonchev–Trinajstić information content (AvgIpc) is 4.13. The second-order valence-corrected chi connectivity index (χ2v) is 19.5. The Hall–Kier alpha value is -6.04. The molecular formula is C47H47F3N8O5S. The molecule has 64 heavy (non-hydrogen) atoms. The first kappa shape index (κ1) is 41.9. The number of nitrogens with one attached hydrogen (secondary N) is 3. The standard InChI is InChI=1S/C47H47F3N8O5S/c1-28-2-11-40(45(60)53-28)58-24-32-20-34(7-8-35(32)46(58)61)56-19-15-47(27-56)14-18-55(26-47)16-12-29-3-5-30(6-4-29)31-21-36-37(23-52-44(36)51-22-31)43(59)41-38(49)9-10-39(42(41)50)54-64(62,63)57-17-13-33(48)25-57/h3-10,20-23,33,40,54H,1-2,11-19,24-27H2,(H,51,52)(H,53,60)/t33-,40?,47?/m1/s1. The zero-order valence-corrected chi connectivity index (χ0v) is 35.8. The predicted molar refractivity (Wildman–Crippen MR) is 236 cm³/mol. The summed E-state index contributed by atoms with van der Waals surface area (Å²) in [4.78, 5) is 53.7. The molecule has 0 aliphatic carbocycles. The van der Waals surface area contributed by atoms with Crippen LogP contribution in [0.5, 0.6) is 0 Å². The smallest absolute Gasteiger partial charge is 0.301 e. The summed E-state index contributed by atoms with van der Waals surface area (Å²) in [5.41, 5.74) is 5.08. The van der Waals surface area contributed by atoms with E-state index in [0.717, 1.165) is 90.8 Å². The number of hydrogen-bond acceptors (Lipinski definition) is 8. The highest BCUT2D eigenvalue weighted by Gasteiger charge is 2.44. The van der Waals surface area contributed by atoms with Crippen LogP contribution in [-0.2, 0) is 28.0 Å². The molecule has 4 saturated heterocycles. The first-order chi connectivity index (χ1) is 30.7. The molecule has 7 heterocycles. The van der Waals surface area contributed by atoms with E-state index in [-0.39, 0.29) is 42.3 Å². The van der Waals surface area contributed by atoms with Crippen LogP contribution in [0.2, 0.25) is 0 Å². The van der Waals surface area contributed by atoms with Crippen molar-refractivity contribution in [2.45, 2.75) is 57.3 Å². The van der Waals surface area contributed by atoms with Crippen molar-refractivity contribution in [3.8, 4) is 11.1 Å². The van der Waals surface area contributed by atoms with Crippen LogP contribution in [0.3, 0.4) is 0 Å². The van der Waals surface area contributed by atoms with Crippen LogP contribution in [0.15, 0.2) is 85.3 Å². The number of piperidine rings is 1. The molecule has 3 atom stereocenters. The van der Waals surface area contributed by atoms with Crippen LogP contribution in [-0.4, -0.2) is 108 Å². The van der Waals surface area contributed by atoms with E-state index in [1.165, 1.54) is 6.20 Å². The Bertz CT molecular complexity index is 2850. The molecule has 17 heteroatoms. The second-order valence-electron chi connectivity index (χ2n) is 17.9. The zero-order chi connectivity index (χ0) is 44.5. The van der Waals surface area contributed by atoms with Gasteiger partial charge >= 0.3 is 10.2 Å². The summed E-state index contributed by atoms with van der Waals surface area (Å²) < 4.78 is 73.1. The predicted octanol–water partition coefficient (Wildman–Crippen LogP) is 6.33. The number of allylic oxidation sites excluding steroid dienone is 1. The van der Waals surface area contributed by atoms with Gasteiger partial charge in [-0.05, 0) is 98.2 Å². The molecule has 10 rings (SSSR count). The molecule has 1 spiro atoms. The topological polar surface area (TPSA) is 151 Å². The van der Waals surface area contributed by atoms with E-state index in [2.05, 4.69) is 49.9 Å². The fourth-order valence-electron chi connectivity index (χ4n) is 10.1. The van der Waals surface area contributed by atoms with Crippen molar-refractivity contribution < 1.29 is 36.0 Å². The normalized spacial score (nSPS) is 22.9. The fourth-order valence-corrected chi connectivity index (χ4v) is 11.4. The Kier molecular flexibility index (Phi) is 10.6. The van der Waals surface area contributed by atoms with Crippen molar-refractivity contribution in [2.75, 3.05) is 55.4 Å². The number of amides is 2. The number of aromatic nitrogens is 2. The number of aromatic amines is 1. The fraction of sp³-hybridized carbons (Fsp3) is 0.362. The lowest BCUT2D eigenvalue weighted by Gasteiger charge is -2.30. The number of rotatable bonds is 11. The van der Waals surface area contributed by atoms with Gasteiger partial charge in [0.25, 0.3) is 5.91 Å². The Balaban J connectivity index is 0.763. The minimum atomic E-state index is -4.35. The maximum atomic E-state index is 15.8. The summed E-state index contributed by atoms with van der Waals surface area (Å²) in [5.74, 6) is -3.79. The number of hydrogen-bond donors (Lipinski definition) is 3. The molecule has 5 aliphatic heterocycles. The molecule has 0 radical (unpaired) electrons. The molecule has 3 N–H and O–H groups in total. The number of alkyl halides is 1. The van der Waals surface area contributed by atoms with Gasteiger partial charge in [-0.3, -0.25) is 19.1 Å². The van der Waals surface area contributed by atoms with Gasteiger partial charge in [0.2, 0.25) is 11.7 Å². The average molecular weight is 893 g/mol. The summed E-state index contributed by atoms with van der Waals surface area (Å²) >= 11 is 0. The molecule has 0 bridgehead atoms. The number of likely N-dealkylation sites (tertiary alicyclic amines) is 1. The van der Waals surface area contributed by atoms with Crippen LogP contribution in [0, 0.1) is 17.0 Å². The van der Waals surface area contributed by atoms with Crippen LogP contribution in [0.1, 0.15) is 69.5 Å². The Morgan fingerprint density at radius 1 is 0.969 bits per heavy atom. The SMILES string of the molecule is C=C1CCC(N2Cc3cc(N4CCC5(CCN(CCc6ccc(-c7cnc8[nH]cc(C(=O)c9c(F)ccc(NS(=O)(=O)N%10CC[C@@H](F)C%10)c9F)c8c7)cc6)C5)C4)ccc3C2=O)C(=O)N1. The van der Waals surface area contributed by atoms with Gasteiger partial charge in [0.15, 0.2) is 5.82 Å². The Morgan fingerprint density at radius 3 is 2.56 bits per heavy atom. The lowest BCUT2D eigenvalue weighted by Crippen LogP contribution is -2.49. The lowest BCUT2D eigenvalue weighted by molar-refractivity contribution is -0.126.